The van der Waals surface area contributed by atoms with Gasteiger partial charge in [-0.15, -0.1) is 0 Å². The first-order valence-corrected chi connectivity index (χ1v) is 8.25. The van der Waals surface area contributed by atoms with Crippen molar-refractivity contribution >= 4 is 0 Å². The Morgan fingerprint density at radius 2 is 1.90 bits per heavy atom. The highest BCUT2D eigenvalue weighted by molar-refractivity contribution is 5.25. The maximum absolute atomic E-state index is 6.90. The lowest BCUT2D eigenvalue weighted by molar-refractivity contribution is -0.155. The summed E-state index contributed by atoms with van der Waals surface area (Å²) < 4.78 is 11.7. The Balaban J connectivity index is 1.83. The van der Waals surface area contributed by atoms with E-state index in [4.69, 9.17) is 15.2 Å². The van der Waals surface area contributed by atoms with Crippen molar-refractivity contribution in [3.05, 3.63) is 35.9 Å². The lowest BCUT2D eigenvalue weighted by Crippen LogP contribution is -2.52. The average Bonchev–Trinajstić information content (AvgIpc) is 2.56. The van der Waals surface area contributed by atoms with E-state index in [1.54, 1.807) is 0 Å². The van der Waals surface area contributed by atoms with Gasteiger partial charge in [-0.1, -0.05) is 37.3 Å². The smallest absolute Gasteiger partial charge is 0.0729 e. The van der Waals surface area contributed by atoms with E-state index in [0.29, 0.717) is 5.92 Å². The normalized spacial score (nSPS) is 28.2. The molecule has 0 bridgehead atoms. The third kappa shape index (κ3) is 2.87. The summed E-state index contributed by atoms with van der Waals surface area (Å²) in [5.41, 5.74) is 7.93. The Bertz CT molecular complexity index is 450. The second kappa shape index (κ2) is 6.07. The predicted molar refractivity (Wildman–Crippen MR) is 84.1 cm³/mol. The van der Waals surface area contributed by atoms with Gasteiger partial charge in [-0.05, 0) is 43.6 Å². The molecule has 0 amide bonds. The fraction of sp³-hybridized carbons (Fsp3) is 0.667. The molecular weight excluding hydrogens is 262 g/mol. The zero-order valence-corrected chi connectivity index (χ0v) is 13.0. The van der Waals surface area contributed by atoms with Crippen LogP contribution in [0.15, 0.2) is 30.3 Å². The second-order valence-corrected chi connectivity index (χ2v) is 6.59. The molecule has 2 saturated heterocycles. The Labute approximate surface area is 127 Å². The number of benzene rings is 1. The molecule has 1 aromatic rings. The van der Waals surface area contributed by atoms with E-state index in [1.165, 1.54) is 5.56 Å². The summed E-state index contributed by atoms with van der Waals surface area (Å²) in [5.74, 6) is 0.483. The first kappa shape index (κ1) is 15.0. The first-order chi connectivity index (χ1) is 10.2. The second-order valence-electron chi connectivity index (χ2n) is 6.59. The molecule has 3 rings (SSSR count). The molecule has 2 atom stereocenters. The molecule has 0 aromatic heterocycles. The Morgan fingerprint density at radius 1 is 1.19 bits per heavy atom. The number of rotatable bonds is 3. The third-order valence-electron chi connectivity index (χ3n) is 5.52. The van der Waals surface area contributed by atoms with Crippen molar-refractivity contribution in [2.24, 2.45) is 11.7 Å². The van der Waals surface area contributed by atoms with E-state index in [0.717, 1.165) is 51.9 Å². The molecule has 1 spiro atoms. The molecule has 116 valence electrons. The molecule has 0 radical (unpaired) electrons. The molecule has 21 heavy (non-hydrogen) atoms. The summed E-state index contributed by atoms with van der Waals surface area (Å²) in [5, 5.41) is 0. The van der Waals surface area contributed by atoms with Crippen LogP contribution in [0.5, 0.6) is 0 Å². The van der Waals surface area contributed by atoms with E-state index in [-0.39, 0.29) is 11.1 Å². The van der Waals surface area contributed by atoms with Crippen LogP contribution in [0.1, 0.15) is 44.6 Å². The Morgan fingerprint density at radius 3 is 2.57 bits per heavy atom. The fourth-order valence-electron chi connectivity index (χ4n) is 4.04. The van der Waals surface area contributed by atoms with Crippen molar-refractivity contribution in [1.29, 1.82) is 0 Å². The molecule has 1 aromatic carbocycles. The maximum atomic E-state index is 6.90. The SMILES string of the molecule is CCC(N)(c1ccccc1)C1CCOC2(CCOCC2)C1. The molecule has 2 unspecified atom stereocenters. The van der Waals surface area contributed by atoms with Gasteiger partial charge in [0, 0.05) is 25.4 Å². The average molecular weight is 289 g/mol. The minimum atomic E-state index is -0.240. The zero-order valence-electron chi connectivity index (χ0n) is 13.0. The van der Waals surface area contributed by atoms with E-state index in [1.807, 2.05) is 0 Å². The lowest BCUT2D eigenvalue weighted by atomic mass is 9.68. The lowest BCUT2D eigenvalue weighted by Gasteiger charge is -2.48. The highest BCUT2D eigenvalue weighted by atomic mass is 16.5. The first-order valence-electron chi connectivity index (χ1n) is 8.25. The van der Waals surface area contributed by atoms with Gasteiger partial charge in [-0.2, -0.15) is 0 Å². The van der Waals surface area contributed by atoms with Crippen LogP contribution in [0.4, 0.5) is 0 Å². The van der Waals surface area contributed by atoms with Gasteiger partial charge in [0.25, 0.3) is 0 Å². The van der Waals surface area contributed by atoms with Crippen LogP contribution < -0.4 is 5.73 Å². The highest BCUT2D eigenvalue weighted by Crippen LogP contribution is 2.44. The third-order valence-corrected chi connectivity index (χ3v) is 5.52. The summed E-state index contributed by atoms with van der Waals surface area (Å²) in [6.45, 7) is 4.68. The van der Waals surface area contributed by atoms with Crippen molar-refractivity contribution in [2.45, 2.75) is 50.2 Å². The molecule has 2 aliphatic heterocycles. The van der Waals surface area contributed by atoms with Crippen molar-refractivity contribution < 1.29 is 9.47 Å². The van der Waals surface area contributed by atoms with Crippen LogP contribution in [0.2, 0.25) is 0 Å². The van der Waals surface area contributed by atoms with Gasteiger partial charge in [0.15, 0.2) is 0 Å². The monoisotopic (exact) mass is 289 g/mol. The molecule has 0 aliphatic carbocycles. The summed E-state index contributed by atoms with van der Waals surface area (Å²) in [7, 11) is 0. The van der Waals surface area contributed by atoms with Gasteiger partial charge in [0.1, 0.15) is 0 Å². The molecule has 3 nitrogen and oxygen atoms in total. The molecule has 2 aliphatic rings. The van der Waals surface area contributed by atoms with E-state index >= 15 is 0 Å². The quantitative estimate of drug-likeness (QED) is 0.929. The van der Waals surface area contributed by atoms with Crippen molar-refractivity contribution in [1.82, 2.24) is 0 Å². The van der Waals surface area contributed by atoms with E-state index < -0.39 is 0 Å². The van der Waals surface area contributed by atoms with Crippen LogP contribution in [0.3, 0.4) is 0 Å². The van der Waals surface area contributed by atoms with Crippen LogP contribution >= 0.6 is 0 Å². The summed E-state index contributed by atoms with van der Waals surface area (Å²) in [6.07, 6.45) is 5.11. The van der Waals surface area contributed by atoms with Gasteiger partial charge in [-0.3, -0.25) is 0 Å². The van der Waals surface area contributed by atoms with Crippen LogP contribution in [0.25, 0.3) is 0 Å². The van der Waals surface area contributed by atoms with Gasteiger partial charge in [-0.25, -0.2) is 0 Å². The van der Waals surface area contributed by atoms with Gasteiger partial charge in [0.05, 0.1) is 5.60 Å². The Hall–Kier alpha value is -0.900. The maximum Gasteiger partial charge on any atom is 0.0729 e. The Kier molecular flexibility index (Phi) is 4.34. The van der Waals surface area contributed by atoms with Crippen molar-refractivity contribution in [3.8, 4) is 0 Å². The highest BCUT2D eigenvalue weighted by Gasteiger charge is 2.45. The minimum Gasteiger partial charge on any atom is -0.381 e. The largest absolute Gasteiger partial charge is 0.381 e. The number of ether oxygens (including phenoxy) is 2. The van der Waals surface area contributed by atoms with Crippen LogP contribution in [-0.4, -0.2) is 25.4 Å². The number of hydrogen-bond donors (Lipinski definition) is 1. The fourth-order valence-corrected chi connectivity index (χ4v) is 4.04. The van der Waals surface area contributed by atoms with Gasteiger partial charge < -0.3 is 15.2 Å². The summed E-state index contributed by atoms with van der Waals surface area (Å²) in [6, 6.07) is 10.6. The summed E-state index contributed by atoms with van der Waals surface area (Å²) in [4.78, 5) is 0. The minimum absolute atomic E-state index is 0.00966. The molecule has 3 heteroatoms. The van der Waals surface area contributed by atoms with Gasteiger partial charge in [0.2, 0.25) is 0 Å². The van der Waals surface area contributed by atoms with Crippen LogP contribution in [-0.2, 0) is 15.0 Å². The molecular formula is C18H27NO2. The van der Waals surface area contributed by atoms with Gasteiger partial charge >= 0.3 is 0 Å². The topological polar surface area (TPSA) is 44.5 Å². The molecule has 2 N–H and O–H groups in total. The standard InChI is InChI=1S/C18H27NO2/c1-2-18(19,15-6-4-3-5-7-15)16-8-11-21-17(14-16)9-12-20-13-10-17/h3-7,16H,2,8-14,19H2,1H3. The van der Waals surface area contributed by atoms with E-state index in [9.17, 15) is 0 Å². The number of nitrogens with two attached hydrogens (primary N) is 1. The molecule has 0 saturated carbocycles. The van der Waals surface area contributed by atoms with Crippen molar-refractivity contribution in [3.63, 3.8) is 0 Å². The van der Waals surface area contributed by atoms with Crippen molar-refractivity contribution in [2.75, 3.05) is 19.8 Å². The number of hydrogen-bond acceptors (Lipinski definition) is 3. The zero-order chi connectivity index (χ0) is 14.8. The van der Waals surface area contributed by atoms with E-state index in [2.05, 4.69) is 37.3 Å². The van der Waals surface area contributed by atoms with Crippen LogP contribution in [0, 0.1) is 5.92 Å². The predicted octanol–water partition coefficient (Wildman–Crippen LogP) is 3.23. The molecule has 2 heterocycles. The summed E-state index contributed by atoms with van der Waals surface area (Å²) >= 11 is 0. The molecule has 2 fully saturated rings.